The second-order valence-electron chi connectivity index (χ2n) is 5.75. The number of hydrogen-bond acceptors (Lipinski definition) is 2. The molecule has 1 aliphatic heterocycles. The van der Waals surface area contributed by atoms with Crippen LogP contribution in [0.4, 0.5) is 0 Å². The van der Waals surface area contributed by atoms with E-state index in [0.717, 1.165) is 13.1 Å². The number of hydrogen-bond donors (Lipinski definition) is 1. The SMILES string of the molecule is CCn1c(C)cc(CNC2CCSc3ccccc32)c1C. The van der Waals surface area contributed by atoms with Gasteiger partial charge in [0.1, 0.15) is 0 Å². The van der Waals surface area contributed by atoms with Gasteiger partial charge in [0.25, 0.3) is 0 Å². The zero-order valence-electron chi connectivity index (χ0n) is 13.1. The predicted octanol–water partition coefficient (Wildman–Crippen LogP) is 4.45. The van der Waals surface area contributed by atoms with Gasteiger partial charge in [-0.05, 0) is 56.2 Å². The van der Waals surface area contributed by atoms with E-state index in [9.17, 15) is 0 Å². The maximum Gasteiger partial charge on any atom is 0.0342 e. The molecule has 0 amide bonds. The van der Waals surface area contributed by atoms with Crippen LogP contribution in [0.15, 0.2) is 35.2 Å². The summed E-state index contributed by atoms with van der Waals surface area (Å²) in [7, 11) is 0. The van der Waals surface area contributed by atoms with Crippen molar-refractivity contribution in [2.75, 3.05) is 5.75 Å². The van der Waals surface area contributed by atoms with Gasteiger partial charge in [-0.15, -0.1) is 11.8 Å². The minimum Gasteiger partial charge on any atom is -0.349 e. The van der Waals surface area contributed by atoms with Crippen LogP contribution in [0.5, 0.6) is 0 Å². The fourth-order valence-corrected chi connectivity index (χ4v) is 4.45. The highest BCUT2D eigenvalue weighted by atomic mass is 32.2. The Hall–Kier alpha value is -1.19. The summed E-state index contributed by atoms with van der Waals surface area (Å²) in [6.45, 7) is 8.67. The molecule has 0 saturated heterocycles. The van der Waals surface area contributed by atoms with Gasteiger partial charge < -0.3 is 9.88 Å². The van der Waals surface area contributed by atoms with E-state index >= 15 is 0 Å². The van der Waals surface area contributed by atoms with E-state index in [1.807, 2.05) is 11.8 Å². The van der Waals surface area contributed by atoms with Gasteiger partial charge in [0.2, 0.25) is 0 Å². The fraction of sp³-hybridized carbons (Fsp3) is 0.444. The lowest BCUT2D eigenvalue weighted by Gasteiger charge is -2.26. The molecule has 1 atom stereocenters. The first-order valence-corrected chi connectivity index (χ1v) is 8.80. The number of nitrogens with zero attached hydrogens (tertiary/aromatic N) is 1. The molecule has 0 bridgehead atoms. The number of aromatic nitrogens is 1. The van der Waals surface area contributed by atoms with Crippen molar-refractivity contribution < 1.29 is 0 Å². The van der Waals surface area contributed by atoms with Gasteiger partial charge in [0, 0.05) is 35.4 Å². The van der Waals surface area contributed by atoms with Crippen LogP contribution in [0.2, 0.25) is 0 Å². The van der Waals surface area contributed by atoms with Gasteiger partial charge in [-0.1, -0.05) is 18.2 Å². The summed E-state index contributed by atoms with van der Waals surface area (Å²) in [5.74, 6) is 1.21. The molecule has 1 aromatic carbocycles. The average molecular weight is 300 g/mol. The molecule has 2 aromatic rings. The van der Waals surface area contributed by atoms with Gasteiger partial charge in [0.05, 0.1) is 0 Å². The molecular formula is C18H24N2S. The zero-order chi connectivity index (χ0) is 14.8. The minimum atomic E-state index is 0.493. The molecule has 1 aliphatic rings. The Balaban J connectivity index is 1.74. The third-order valence-electron chi connectivity index (χ3n) is 4.49. The number of thioether (sulfide) groups is 1. The highest BCUT2D eigenvalue weighted by molar-refractivity contribution is 7.99. The van der Waals surface area contributed by atoms with E-state index in [4.69, 9.17) is 0 Å². The first-order chi connectivity index (χ1) is 10.2. The lowest BCUT2D eigenvalue weighted by molar-refractivity contribution is 0.508. The summed E-state index contributed by atoms with van der Waals surface area (Å²) in [5.41, 5.74) is 5.68. The monoisotopic (exact) mass is 300 g/mol. The van der Waals surface area contributed by atoms with Crippen molar-refractivity contribution in [2.24, 2.45) is 0 Å². The van der Waals surface area contributed by atoms with Crippen LogP contribution < -0.4 is 5.32 Å². The van der Waals surface area contributed by atoms with Crippen LogP contribution in [-0.2, 0) is 13.1 Å². The Bertz CT molecular complexity index is 630. The smallest absolute Gasteiger partial charge is 0.0342 e. The van der Waals surface area contributed by atoms with Crippen LogP contribution in [-0.4, -0.2) is 10.3 Å². The summed E-state index contributed by atoms with van der Waals surface area (Å²) >= 11 is 1.98. The fourth-order valence-electron chi connectivity index (χ4n) is 3.33. The van der Waals surface area contributed by atoms with Crippen LogP contribution in [0, 0.1) is 13.8 Å². The summed E-state index contributed by atoms with van der Waals surface area (Å²) in [6, 6.07) is 11.6. The molecule has 2 nitrogen and oxygen atoms in total. The Morgan fingerprint density at radius 1 is 1.29 bits per heavy atom. The molecule has 1 unspecified atom stereocenters. The molecule has 0 saturated carbocycles. The lowest BCUT2D eigenvalue weighted by Crippen LogP contribution is -2.24. The van der Waals surface area contributed by atoms with E-state index in [-0.39, 0.29) is 0 Å². The normalized spacial score (nSPS) is 17.8. The Morgan fingerprint density at radius 2 is 2.10 bits per heavy atom. The molecule has 0 radical (unpaired) electrons. The maximum absolute atomic E-state index is 3.77. The number of benzene rings is 1. The van der Waals surface area contributed by atoms with Crippen molar-refractivity contribution in [1.82, 2.24) is 9.88 Å². The second kappa shape index (κ2) is 6.29. The van der Waals surface area contributed by atoms with Crippen molar-refractivity contribution in [3.05, 3.63) is 52.8 Å². The van der Waals surface area contributed by atoms with E-state index in [2.05, 4.69) is 61.0 Å². The predicted molar refractivity (Wildman–Crippen MR) is 90.9 cm³/mol. The average Bonchev–Trinajstić information content (AvgIpc) is 2.78. The molecule has 2 heterocycles. The molecule has 0 aliphatic carbocycles. The molecule has 0 fully saturated rings. The van der Waals surface area contributed by atoms with Crippen LogP contribution in [0.3, 0.4) is 0 Å². The molecule has 3 heteroatoms. The standard InChI is InChI=1S/C18H24N2S/c1-4-20-13(2)11-15(14(20)3)12-19-17-9-10-21-18-8-6-5-7-16(17)18/h5-8,11,17,19H,4,9-10,12H2,1-3H3. The van der Waals surface area contributed by atoms with Gasteiger partial charge in [-0.2, -0.15) is 0 Å². The first-order valence-electron chi connectivity index (χ1n) is 7.81. The maximum atomic E-state index is 3.77. The van der Waals surface area contributed by atoms with Crippen LogP contribution in [0.25, 0.3) is 0 Å². The van der Waals surface area contributed by atoms with Crippen LogP contribution in [0.1, 0.15) is 41.9 Å². The van der Waals surface area contributed by atoms with E-state index in [1.165, 1.54) is 39.6 Å². The molecule has 21 heavy (non-hydrogen) atoms. The van der Waals surface area contributed by atoms with Gasteiger partial charge in [-0.25, -0.2) is 0 Å². The summed E-state index contributed by atoms with van der Waals surface area (Å²) in [6.07, 6.45) is 1.22. The largest absolute Gasteiger partial charge is 0.349 e. The lowest BCUT2D eigenvalue weighted by atomic mass is 10.0. The quantitative estimate of drug-likeness (QED) is 0.898. The topological polar surface area (TPSA) is 17.0 Å². The van der Waals surface area contributed by atoms with Crippen molar-refractivity contribution in [2.45, 2.75) is 51.2 Å². The zero-order valence-corrected chi connectivity index (χ0v) is 14.0. The third-order valence-corrected chi connectivity index (χ3v) is 5.61. The van der Waals surface area contributed by atoms with Gasteiger partial charge in [0.15, 0.2) is 0 Å². The summed E-state index contributed by atoms with van der Waals surface area (Å²) < 4.78 is 2.39. The van der Waals surface area contributed by atoms with Crippen molar-refractivity contribution >= 4 is 11.8 Å². The summed E-state index contributed by atoms with van der Waals surface area (Å²) in [4.78, 5) is 1.44. The number of fused-ring (bicyclic) bond motifs is 1. The minimum absolute atomic E-state index is 0.493. The highest BCUT2D eigenvalue weighted by Crippen LogP contribution is 2.36. The van der Waals surface area contributed by atoms with Crippen molar-refractivity contribution in [1.29, 1.82) is 0 Å². The van der Waals surface area contributed by atoms with Gasteiger partial charge >= 0.3 is 0 Å². The molecule has 1 aromatic heterocycles. The van der Waals surface area contributed by atoms with Crippen LogP contribution >= 0.6 is 11.8 Å². The number of nitrogens with one attached hydrogen (secondary N) is 1. The Labute approximate surface area is 131 Å². The Kier molecular flexibility index (Phi) is 4.41. The number of aryl methyl sites for hydroxylation is 1. The third kappa shape index (κ3) is 2.90. The summed E-state index contributed by atoms with van der Waals surface area (Å²) in [5, 5.41) is 3.77. The molecule has 3 rings (SSSR count). The Morgan fingerprint density at radius 3 is 2.86 bits per heavy atom. The molecule has 1 N–H and O–H groups in total. The molecular weight excluding hydrogens is 276 g/mol. The van der Waals surface area contributed by atoms with E-state index < -0.39 is 0 Å². The molecule has 112 valence electrons. The van der Waals surface area contributed by atoms with Crippen molar-refractivity contribution in [3.8, 4) is 0 Å². The van der Waals surface area contributed by atoms with E-state index in [1.54, 1.807) is 0 Å². The molecule has 0 spiro atoms. The van der Waals surface area contributed by atoms with Gasteiger partial charge in [-0.3, -0.25) is 0 Å². The highest BCUT2D eigenvalue weighted by Gasteiger charge is 2.20. The number of rotatable bonds is 4. The van der Waals surface area contributed by atoms with E-state index in [0.29, 0.717) is 6.04 Å². The van der Waals surface area contributed by atoms with Crippen molar-refractivity contribution in [3.63, 3.8) is 0 Å². The first kappa shape index (κ1) is 14.7. The second-order valence-corrected chi connectivity index (χ2v) is 6.89.